The first-order chi connectivity index (χ1) is 8.15. The average Bonchev–Trinajstić information content (AvgIpc) is 2.81. The predicted molar refractivity (Wildman–Crippen MR) is 61.9 cm³/mol. The number of nitrogens with one attached hydrogen (secondary N) is 1. The lowest BCUT2D eigenvalue weighted by molar-refractivity contribution is -0.120. The summed E-state index contributed by atoms with van der Waals surface area (Å²) < 4.78 is 13.2. The van der Waals surface area contributed by atoms with Crippen LogP contribution in [0, 0.1) is 5.82 Å². The minimum Gasteiger partial charge on any atom is -0.326 e. The van der Waals surface area contributed by atoms with Gasteiger partial charge in [-0.05, 0) is 24.6 Å². The summed E-state index contributed by atoms with van der Waals surface area (Å²) in [6.45, 7) is 1.48. The number of fused-ring (bicyclic) bond motifs is 1. The van der Waals surface area contributed by atoms with E-state index in [1.807, 2.05) is 4.90 Å². The molecule has 2 heterocycles. The molecule has 1 aromatic rings. The van der Waals surface area contributed by atoms with Crippen molar-refractivity contribution in [3.05, 3.63) is 29.6 Å². The van der Waals surface area contributed by atoms with Crippen LogP contribution < -0.4 is 11.1 Å². The molecule has 1 aromatic carbocycles. The summed E-state index contributed by atoms with van der Waals surface area (Å²) in [5.41, 5.74) is 7.28. The van der Waals surface area contributed by atoms with Gasteiger partial charge in [-0.2, -0.15) is 0 Å². The van der Waals surface area contributed by atoms with Gasteiger partial charge in [-0.25, -0.2) is 4.39 Å². The number of carbonyl (C=O) groups excluding carboxylic acids is 1. The van der Waals surface area contributed by atoms with E-state index in [4.69, 9.17) is 5.73 Å². The Labute approximate surface area is 98.6 Å². The maximum Gasteiger partial charge on any atom is 0.246 e. The van der Waals surface area contributed by atoms with Crippen LogP contribution in [0.2, 0.25) is 0 Å². The number of carbonyl (C=O) groups is 1. The van der Waals surface area contributed by atoms with Crippen molar-refractivity contribution in [1.82, 2.24) is 4.90 Å². The minimum atomic E-state index is -0.380. The van der Waals surface area contributed by atoms with Crippen molar-refractivity contribution < 1.29 is 9.18 Å². The highest BCUT2D eigenvalue weighted by Crippen LogP contribution is 2.36. The summed E-state index contributed by atoms with van der Waals surface area (Å²) in [6, 6.07) is 4.13. The van der Waals surface area contributed by atoms with Crippen molar-refractivity contribution in [2.45, 2.75) is 18.5 Å². The Hall–Kier alpha value is -1.46. The Morgan fingerprint density at radius 3 is 3.00 bits per heavy atom. The molecule has 0 spiro atoms. The second-order valence-electron chi connectivity index (χ2n) is 4.67. The Kier molecular flexibility index (Phi) is 2.38. The van der Waals surface area contributed by atoms with Crippen LogP contribution in [0.15, 0.2) is 18.2 Å². The monoisotopic (exact) mass is 235 g/mol. The lowest BCUT2D eigenvalue weighted by Gasteiger charge is -2.21. The van der Waals surface area contributed by atoms with Crippen molar-refractivity contribution in [1.29, 1.82) is 0 Å². The fourth-order valence-electron chi connectivity index (χ4n) is 2.63. The number of halogens is 1. The van der Waals surface area contributed by atoms with E-state index >= 15 is 0 Å². The van der Waals surface area contributed by atoms with E-state index in [2.05, 4.69) is 5.32 Å². The highest BCUT2D eigenvalue weighted by Gasteiger charge is 2.38. The zero-order chi connectivity index (χ0) is 12.0. The quantitative estimate of drug-likeness (QED) is 0.758. The Balaban J connectivity index is 1.96. The summed E-state index contributed by atoms with van der Waals surface area (Å²) in [6.07, 6.45) is 0.883. The number of likely N-dealkylation sites (tertiary alicyclic amines) is 1. The number of hydrogen-bond acceptors (Lipinski definition) is 3. The zero-order valence-corrected chi connectivity index (χ0v) is 9.32. The second-order valence-corrected chi connectivity index (χ2v) is 4.67. The van der Waals surface area contributed by atoms with Crippen molar-refractivity contribution in [3.8, 4) is 0 Å². The SMILES string of the molecule is NC1CCN(C2C(=O)Nc3ccc(F)cc32)C1. The molecular formula is C12H14FN3O. The summed E-state index contributed by atoms with van der Waals surface area (Å²) in [5, 5.41) is 2.78. The van der Waals surface area contributed by atoms with Gasteiger partial charge >= 0.3 is 0 Å². The lowest BCUT2D eigenvalue weighted by atomic mass is 10.1. The van der Waals surface area contributed by atoms with Crippen molar-refractivity contribution >= 4 is 11.6 Å². The molecule has 2 aliphatic heterocycles. The first-order valence-corrected chi connectivity index (χ1v) is 5.75. The van der Waals surface area contributed by atoms with Gasteiger partial charge in [0.1, 0.15) is 11.9 Å². The lowest BCUT2D eigenvalue weighted by Crippen LogP contribution is -2.33. The van der Waals surface area contributed by atoms with E-state index < -0.39 is 0 Å². The minimum absolute atomic E-state index is 0.0836. The number of anilines is 1. The molecule has 0 aromatic heterocycles. The number of benzene rings is 1. The fourth-order valence-corrected chi connectivity index (χ4v) is 2.63. The van der Waals surface area contributed by atoms with E-state index in [9.17, 15) is 9.18 Å². The average molecular weight is 235 g/mol. The number of nitrogens with two attached hydrogens (primary N) is 1. The van der Waals surface area contributed by atoms with Gasteiger partial charge < -0.3 is 11.1 Å². The molecule has 5 heteroatoms. The molecule has 90 valence electrons. The normalized spacial score (nSPS) is 28.2. The number of hydrogen-bond donors (Lipinski definition) is 2. The molecule has 0 aliphatic carbocycles. The van der Waals surface area contributed by atoms with Crippen LogP contribution in [0.1, 0.15) is 18.0 Å². The molecular weight excluding hydrogens is 221 g/mol. The van der Waals surface area contributed by atoms with Crippen LogP contribution in [0.3, 0.4) is 0 Å². The third-order valence-corrected chi connectivity index (χ3v) is 3.44. The molecule has 2 atom stereocenters. The fraction of sp³-hybridized carbons (Fsp3) is 0.417. The van der Waals surface area contributed by atoms with Gasteiger partial charge in [0.05, 0.1) is 0 Å². The van der Waals surface area contributed by atoms with E-state index in [0.29, 0.717) is 12.2 Å². The van der Waals surface area contributed by atoms with E-state index in [1.54, 1.807) is 6.07 Å². The van der Waals surface area contributed by atoms with Gasteiger partial charge in [-0.1, -0.05) is 0 Å². The van der Waals surface area contributed by atoms with E-state index in [1.165, 1.54) is 12.1 Å². The Bertz CT molecular complexity index is 477. The van der Waals surface area contributed by atoms with Crippen LogP contribution in [0.4, 0.5) is 10.1 Å². The molecule has 3 N–H and O–H groups in total. The molecule has 2 aliphatic rings. The van der Waals surface area contributed by atoms with Crippen LogP contribution >= 0.6 is 0 Å². The Morgan fingerprint density at radius 1 is 1.47 bits per heavy atom. The van der Waals surface area contributed by atoms with Crippen LogP contribution in [-0.2, 0) is 4.79 Å². The summed E-state index contributed by atoms with van der Waals surface area (Å²) in [4.78, 5) is 13.9. The molecule has 1 saturated heterocycles. The first-order valence-electron chi connectivity index (χ1n) is 5.75. The first kappa shape index (κ1) is 10.7. The summed E-state index contributed by atoms with van der Waals surface area (Å²) in [7, 11) is 0. The van der Waals surface area contributed by atoms with Crippen molar-refractivity contribution in [3.63, 3.8) is 0 Å². The van der Waals surface area contributed by atoms with Crippen LogP contribution in [-0.4, -0.2) is 29.9 Å². The van der Waals surface area contributed by atoms with E-state index in [-0.39, 0.29) is 23.8 Å². The number of nitrogens with zero attached hydrogens (tertiary/aromatic N) is 1. The van der Waals surface area contributed by atoms with Gasteiger partial charge in [0.15, 0.2) is 0 Å². The molecule has 1 fully saturated rings. The molecule has 17 heavy (non-hydrogen) atoms. The smallest absolute Gasteiger partial charge is 0.246 e. The maximum atomic E-state index is 13.2. The highest BCUT2D eigenvalue weighted by atomic mass is 19.1. The maximum absolute atomic E-state index is 13.2. The summed E-state index contributed by atoms with van der Waals surface area (Å²) in [5.74, 6) is -0.395. The van der Waals surface area contributed by atoms with Gasteiger partial charge in [0.25, 0.3) is 0 Å². The van der Waals surface area contributed by atoms with Crippen molar-refractivity contribution in [2.24, 2.45) is 5.73 Å². The zero-order valence-electron chi connectivity index (χ0n) is 9.32. The van der Waals surface area contributed by atoms with Crippen LogP contribution in [0.5, 0.6) is 0 Å². The molecule has 0 radical (unpaired) electrons. The van der Waals surface area contributed by atoms with Gasteiger partial charge in [0, 0.05) is 30.4 Å². The molecule has 2 unspecified atom stereocenters. The van der Waals surface area contributed by atoms with E-state index in [0.717, 1.165) is 18.5 Å². The third kappa shape index (κ3) is 1.71. The molecule has 3 rings (SSSR count). The topological polar surface area (TPSA) is 58.4 Å². The molecule has 4 nitrogen and oxygen atoms in total. The Morgan fingerprint density at radius 2 is 2.29 bits per heavy atom. The number of amides is 1. The van der Waals surface area contributed by atoms with Gasteiger partial charge in [0.2, 0.25) is 5.91 Å². The molecule has 0 bridgehead atoms. The largest absolute Gasteiger partial charge is 0.326 e. The third-order valence-electron chi connectivity index (χ3n) is 3.44. The highest BCUT2D eigenvalue weighted by molar-refractivity contribution is 6.02. The standard InChI is InChI=1S/C12H14FN3O/c13-7-1-2-10-9(5-7)11(12(17)15-10)16-4-3-8(14)6-16/h1-2,5,8,11H,3-4,6,14H2,(H,15,17). The van der Waals surface area contributed by atoms with Crippen molar-refractivity contribution in [2.75, 3.05) is 18.4 Å². The summed E-state index contributed by atoms with van der Waals surface area (Å²) >= 11 is 0. The molecule has 0 saturated carbocycles. The van der Waals surface area contributed by atoms with Gasteiger partial charge in [-0.3, -0.25) is 9.69 Å². The molecule has 1 amide bonds. The second kappa shape index (κ2) is 3.78. The number of rotatable bonds is 1. The van der Waals surface area contributed by atoms with Crippen LogP contribution in [0.25, 0.3) is 0 Å². The van der Waals surface area contributed by atoms with Gasteiger partial charge in [-0.15, -0.1) is 0 Å². The predicted octanol–water partition coefficient (Wildman–Crippen LogP) is 0.852.